The standard InChI is InChI=1S/C21H29N3O2S/c1-7-8-15-9-11-16(12-10-15)17-14(3)27-20(23-17)24-18(25)13(2)22-19(26)21(4,5)6/h9-13H,7-8H2,1-6H3,(H,22,26)(H,23,24,25). The molecule has 2 aromatic rings. The number of rotatable bonds is 6. The van der Waals surface area contributed by atoms with Crippen molar-refractivity contribution in [1.82, 2.24) is 10.3 Å². The SMILES string of the molecule is CCCc1ccc(-c2nc(NC(=O)C(C)NC(=O)C(C)(C)C)sc2C)cc1. The summed E-state index contributed by atoms with van der Waals surface area (Å²) in [4.78, 5) is 30.1. The monoisotopic (exact) mass is 387 g/mol. The van der Waals surface area contributed by atoms with Gasteiger partial charge in [0.1, 0.15) is 6.04 Å². The number of carbonyl (C=O) groups excluding carboxylic acids is 2. The van der Waals surface area contributed by atoms with Gasteiger partial charge in [0.25, 0.3) is 0 Å². The zero-order chi connectivity index (χ0) is 20.2. The highest BCUT2D eigenvalue weighted by atomic mass is 32.1. The van der Waals surface area contributed by atoms with Crippen molar-refractivity contribution in [3.63, 3.8) is 0 Å². The van der Waals surface area contributed by atoms with Gasteiger partial charge in [0, 0.05) is 15.9 Å². The van der Waals surface area contributed by atoms with E-state index in [0.717, 1.165) is 29.0 Å². The first-order chi connectivity index (χ1) is 12.6. The molecule has 0 saturated carbocycles. The van der Waals surface area contributed by atoms with Crippen molar-refractivity contribution in [3.05, 3.63) is 34.7 Å². The van der Waals surface area contributed by atoms with Gasteiger partial charge in [-0.3, -0.25) is 9.59 Å². The summed E-state index contributed by atoms with van der Waals surface area (Å²) >= 11 is 1.44. The number of hydrogen-bond donors (Lipinski definition) is 2. The van der Waals surface area contributed by atoms with E-state index in [9.17, 15) is 9.59 Å². The largest absolute Gasteiger partial charge is 0.344 e. The summed E-state index contributed by atoms with van der Waals surface area (Å²) in [6.45, 7) is 11.3. The molecule has 146 valence electrons. The van der Waals surface area contributed by atoms with Gasteiger partial charge in [-0.1, -0.05) is 58.4 Å². The Morgan fingerprint density at radius 2 is 1.81 bits per heavy atom. The molecule has 0 aliphatic rings. The summed E-state index contributed by atoms with van der Waals surface area (Å²) in [5.41, 5.74) is 2.69. The second-order valence-electron chi connectivity index (χ2n) is 7.81. The Morgan fingerprint density at radius 3 is 2.37 bits per heavy atom. The summed E-state index contributed by atoms with van der Waals surface area (Å²) in [5, 5.41) is 6.10. The highest BCUT2D eigenvalue weighted by Gasteiger charge is 2.25. The van der Waals surface area contributed by atoms with E-state index in [-0.39, 0.29) is 11.8 Å². The topological polar surface area (TPSA) is 71.1 Å². The Kier molecular flexibility index (Phi) is 6.76. The number of nitrogens with one attached hydrogen (secondary N) is 2. The Bertz CT molecular complexity index is 804. The molecule has 2 amide bonds. The summed E-state index contributed by atoms with van der Waals surface area (Å²) in [6, 6.07) is 7.77. The molecule has 0 bridgehead atoms. The Hall–Kier alpha value is -2.21. The van der Waals surface area contributed by atoms with Gasteiger partial charge >= 0.3 is 0 Å². The predicted molar refractivity (Wildman–Crippen MR) is 112 cm³/mol. The van der Waals surface area contributed by atoms with E-state index in [4.69, 9.17) is 0 Å². The lowest BCUT2D eigenvalue weighted by molar-refractivity contribution is -0.131. The molecule has 27 heavy (non-hydrogen) atoms. The van der Waals surface area contributed by atoms with Gasteiger partial charge in [0.2, 0.25) is 11.8 Å². The Balaban J connectivity index is 2.07. The van der Waals surface area contributed by atoms with E-state index in [2.05, 4.69) is 46.8 Å². The molecule has 2 N–H and O–H groups in total. The van der Waals surface area contributed by atoms with Crippen LogP contribution in [0.15, 0.2) is 24.3 Å². The lowest BCUT2D eigenvalue weighted by Gasteiger charge is -2.21. The van der Waals surface area contributed by atoms with Crippen LogP contribution in [0.2, 0.25) is 0 Å². The lowest BCUT2D eigenvalue weighted by atomic mass is 9.95. The Morgan fingerprint density at radius 1 is 1.19 bits per heavy atom. The quantitative estimate of drug-likeness (QED) is 0.763. The van der Waals surface area contributed by atoms with Crippen molar-refractivity contribution in [2.24, 2.45) is 5.41 Å². The number of aromatic nitrogens is 1. The zero-order valence-corrected chi connectivity index (χ0v) is 17.8. The number of anilines is 1. The van der Waals surface area contributed by atoms with Crippen LogP contribution in [0, 0.1) is 12.3 Å². The van der Waals surface area contributed by atoms with Crippen molar-refractivity contribution in [3.8, 4) is 11.3 Å². The van der Waals surface area contributed by atoms with Gasteiger partial charge < -0.3 is 10.6 Å². The Labute approximate surface area is 165 Å². The zero-order valence-electron chi connectivity index (χ0n) is 17.0. The third kappa shape index (κ3) is 5.63. The number of benzene rings is 1. The maximum Gasteiger partial charge on any atom is 0.248 e. The highest BCUT2D eigenvalue weighted by molar-refractivity contribution is 7.16. The van der Waals surface area contributed by atoms with Crippen LogP contribution in [0.5, 0.6) is 0 Å². The van der Waals surface area contributed by atoms with Gasteiger partial charge in [-0.2, -0.15) is 0 Å². The molecule has 1 unspecified atom stereocenters. The number of amides is 2. The number of carbonyl (C=O) groups is 2. The molecule has 1 atom stereocenters. The molecule has 0 aliphatic carbocycles. The van der Waals surface area contributed by atoms with Gasteiger partial charge in [-0.25, -0.2) is 4.98 Å². The maximum atomic E-state index is 12.4. The second kappa shape index (κ2) is 8.65. The van der Waals surface area contributed by atoms with Crippen molar-refractivity contribution in [1.29, 1.82) is 0 Å². The van der Waals surface area contributed by atoms with Crippen LogP contribution in [0.1, 0.15) is 51.5 Å². The van der Waals surface area contributed by atoms with E-state index in [1.54, 1.807) is 6.92 Å². The fraction of sp³-hybridized carbons (Fsp3) is 0.476. The van der Waals surface area contributed by atoms with Gasteiger partial charge in [-0.05, 0) is 25.8 Å². The minimum Gasteiger partial charge on any atom is -0.344 e. The van der Waals surface area contributed by atoms with Crippen LogP contribution in [0.3, 0.4) is 0 Å². The molecule has 1 aromatic carbocycles. The van der Waals surface area contributed by atoms with Crippen molar-refractivity contribution >= 4 is 28.3 Å². The first-order valence-electron chi connectivity index (χ1n) is 9.30. The lowest BCUT2D eigenvalue weighted by Crippen LogP contribution is -2.46. The number of thiazole rings is 1. The average Bonchev–Trinajstić information content (AvgIpc) is 2.95. The molecule has 0 fully saturated rings. The fourth-order valence-corrected chi connectivity index (χ4v) is 3.37. The van der Waals surface area contributed by atoms with Crippen LogP contribution in [0.4, 0.5) is 5.13 Å². The van der Waals surface area contributed by atoms with Crippen LogP contribution >= 0.6 is 11.3 Å². The molecule has 0 radical (unpaired) electrons. The smallest absolute Gasteiger partial charge is 0.248 e. The first kappa shape index (κ1) is 21.1. The van der Waals surface area contributed by atoms with E-state index in [1.165, 1.54) is 16.9 Å². The normalized spacial score (nSPS) is 12.5. The summed E-state index contributed by atoms with van der Waals surface area (Å²) in [6.07, 6.45) is 2.19. The molecule has 5 nitrogen and oxygen atoms in total. The third-order valence-corrected chi connectivity index (χ3v) is 5.10. The minimum absolute atomic E-state index is 0.159. The van der Waals surface area contributed by atoms with Crippen molar-refractivity contribution in [2.45, 2.75) is 60.4 Å². The molecule has 2 rings (SSSR count). The highest BCUT2D eigenvalue weighted by Crippen LogP contribution is 2.30. The summed E-state index contributed by atoms with van der Waals surface area (Å²) < 4.78 is 0. The molecule has 1 aromatic heterocycles. The van der Waals surface area contributed by atoms with Crippen LogP contribution in [-0.4, -0.2) is 22.8 Å². The average molecular weight is 388 g/mol. The van der Waals surface area contributed by atoms with Gasteiger partial charge in [0.15, 0.2) is 5.13 Å². The summed E-state index contributed by atoms with van der Waals surface area (Å²) in [7, 11) is 0. The van der Waals surface area contributed by atoms with Gasteiger partial charge in [-0.15, -0.1) is 11.3 Å². The molecule has 0 aliphatic heterocycles. The molecule has 0 spiro atoms. The van der Waals surface area contributed by atoms with Crippen LogP contribution in [-0.2, 0) is 16.0 Å². The van der Waals surface area contributed by atoms with Crippen LogP contribution in [0.25, 0.3) is 11.3 Å². The van der Waals surface area contributed by atoms with E-state index >= 15 is 0 Å². The minimum atomic E-state index is -0.627. The fourth-order valence-electron chi connectivity index (χ4n) is 2.53. The maximum absolute atomic E-state index is 12.4. The molecule has 1 heterocycles. The molecule has 0 saturated heterocycles. The van der Waals surface area contributed by atoms with Crippen LogP contribution < -0.4 is 10.6 Å². The van der Waals surface area contributed by atoms with E-state index < -0.39 is 11.5 Å². The number of nitrogens with zero attached hydrogens (tertiary/aromatic N) is 1. The summed E-state index contributed by atoms with van der Waals surface area (Å²) in [5.74, 6) is -0.431. The van der Waals surface area contributed by atoms with Crippen molar-refractivity contribution in [2.75, 3.05) is 5.32 Å². The predicted octanol–water partition coefficient (Wildman–Crippen LogP) is 4.56. The van der Waals surface area contributed by atoms with E-state index in [1.807, 2.05) is 27.7 Å². The van der Waals surface area contributed by atoms with Gasteiger partial charge in [0.05, 0.1) is 5.69 Å². The first-order valence-corrected chi connectivity index (χ1v) is 10.1. The molecular weight excluding hydrogens is 358 g/mol. The molecule has 6 heteroatoms. The number of hydrogen-bond acceptors (Lipinski definition) is 4. The second-order valence-corrected chi connectivity index (χ2v) is 9.01. The van der Waals surface area contributed by atoms with E-state index in [0.29, 0.717) is 5.13 Å². The number of aryl methyl sites for hydroxylation is 2. The third-order valence-electron chi connectivity index (χ3n) is 4.21. The molecular formula is C21H29N3O2S. The van der Waals surface area contributed by atoms with Crippen molar-refractivity contribution < 1.29 is 9.59 Å².